The first kappa shape index (κ1) is 20.1. The molecule has 0 aromatic heterocycles. The second-order valence-electron chi connectivity index (χ2n) is 6.14. The van der Waals surface area contributed by atoms with Gasteiger partial charge in [-0.3, -0.25) is 14.5 Å². The Balaban J connectivity index is 2.07. The van der Waals surface area contributed by atoms with Gasteiger partial charge < -0.3 is 9.64 Å². The van der Waals surface area contributed by atoms with Gasteiger partial charge in [0.2, 0.25) is 5.91 Å². The quantitative estimate of drug-likeness (QED) is 0.676. The van der Waals surface area contributed by atoms with Crippen molar-refractivity contribution in [2.75, 3.05) is 32.0 Å². The fourth-order valence-corrected chi connectivity index (χ4v) is 4.33. The lowest BCUT2D eigenvalue weighted by atomic mass is 10.2. The van der Waals surface area contributed by atoms with E-state index in [2.05, 4.69) is 0 Å². The molecule has 0 unspecified atom stereocenters. The Morgan fingerprint density at radius 3 is 2.72 bits per heavy atom. The summed E-state index contributed by atoms with van der Waals surface area (Å²) >= 11 is 8.03. The zero-order chi connectivity index (χ0) is 18.4. The lowest BCUT2D eigenvalue weighted by molar-refractivity contribution is -0.145. The van der Waals surface area contributed by atoms with Crippen molar-refractivity contribution in [3.63, 3.8) is 0 Å². The van der Waals surface area contributed by atoms with Crippen LogP contribution in [-0.2, 0) is 14.3 Å². The molecule has 1 heterocycles. The predicted octanol–water partition coefficient (Wildman–Crippen LogP) is 3.19. The van der Waals surface area contributed by atoms with Crippen molar-refractivity contribution in [1.29, 1.82) is 0 Å². The molecule has 1 aliphatic rings. The maximum atomic E-state index is 12.9. The van der Waals surface area contributed by atoms with Crippen LogP contribution in [0.2, 0.25) is 5.02 Å². The van der Waals surface area contributed by atoms with Crippen molar-refractivity contribution in [1.82, 2.24) is 9.80 Å². The number of amides is 1. The lowest BCUT2D eigenvalue weighted by Gasteiger charge is -2.30. The van der Waals surface area contributed by atoms with Gasteiger partial charge in [0.1, 0.15) is 5.37 Å². The van der Waals surface area contributed by atoms with Crippen LogP contribution < -0.4 is 0 Å². The van der Waals surface area contributed by atoms with E-state index in [-0.39, 0.29) is 36.4 Å². The van der Waals surface area contributed by atoms with Crippen LogP contribution in [0.4, 0.5) is 0 Å². The number of nitrogens with zero attached hydrogens (tertiary/aromatic N) is 2. The fraction of sp³-hybridized carbons (Fsp3) is 0.556. The molecule has 0 aliphatic carbocycles. The van der Waals surface area contributed by atoms with Gasteiger partial charge >= 0.3 is 5.97 Å². The van der Waals surface area contributed by atoms with E-state index in [1.165, 1.54) is 0 Å². The van der Waals surface area contributed by atoms with E-state index in [0.29, 0.717) is 18.2 Å². The minimum Gasteiger partial charge on any atom is -0.465 e. The highest BCUT2D eigenvalue weighted by Gasteiger charge is 2.33. The largest absolute Gasteiger partial charge is 0.465 e. The maximum Gasteiger partial charge on any atom is 0.320 e. The van der Waals surface area contributed by atoms with Crippen molar-refractivity contribution < 1.29 is 14.3 Å². The van der Waals surface area contributed by atoms with Crippen LogP contribution in [0.3, 0.4) is 0 Å². The third-order valence-corrected chi connectivity index (χ3v) is 5.68. The zero-order valence-corrected chi connectivity index (χ0v) is 16.5. The molecule has 1 saturated heterocycles. The minimum absolute atomic E-state index is 0.00733. The number of carbonyl (C=O) groups excluding carboxylic acids is 2. The van der Waals surface area contributed by atoms with Crippen LogP contribution >= 0.6 is 23.4 Å². The third kappa shape index (κ3) is 5.36. The van der Waals surface area contributed by atoms with E-state index in [1.54, 1.807) is 18.7 Å². The molecule has 1 atom stereocenters. The van der Waals surface area contributed by atoms with Gasteiger partial charge in [-0.2, -0.15) is 0 Å². The molecule has 5 nitrogen and oxygen atoms in total. The number of thioether (sulfide) groups is 1. The summed E-state index contributed by atoms with van der Waals surface area (Å²) in [5.41, 5.74) is 0.960. The molecular weight excluding hydrogens is 360 g/mol. The van der Waals surface area contributed by atoms with Crippen LogP contribution in [0.15, 0.2) is 24.3 Å². The standard InChI is InChI=1S/C18H25ClN2O3S/c1-4-24-17(23)12-20(13(2)3)11-16(22)21-9-10-25-18(21)14-7-5-6-8-15(14)19/h5-8,13,18H,4,9-12H2,1-3H3/t18-/m1/s1. The Hall–Kier alpha value is -1.24. The monoisotopic (exact) mass is 384 g/mol. The molecule has 0 saturated carbocycles. The molecule has 1 amide bonds. The Labute approximate surface area is 158 Å². The second-order valence-corrected chi connectivity index (χ2v) is 7.73. The highest BCUT2D eigenvalue weighted by atomic mass is 35.5. The molecule has 7 heteroatoms. The molecule has 2 rings (SSSR count). The smallest absolute Gasteiger partial charge is 0.320 e. The molecule has 1 aliphatic heterocycles. The summed E-state index contributed by atoms with van der Waals surface area (Å²) in [6.07, 6.45) is 0. The first-order valence-electron chi connectivity index (χ1n) is 8.49. The van der Waals surface area contributed by atoms with Crippen LogP contribution in [0.25, 0.3) is 0 Å². The van der Waals surface area contributed by atoms with Crippen molar-refractivity contribution in [3.8, 4) is 0 Å². The van der Waals surface area contributed by atoms with E-state index >= 15 is 0 Å². The Morgan fingerprint density at radius 2 is 2.08 bits per heavy atom. The number of carbonyl (C=O) groups is 2. The summed E-state index contributed by atoms with van der Waals surface area (Å²) < 4.78 is 5.01. The van der Waals surface area contributed by atoms with Crippen molar-refractivity contribution in [2.24, 2.45) is 0 Å². The summed E-state index contributed by atoms with van der Waals surface area (Å²) in [4.78, 5) is 28.3. The fourth-order valence-electron chi connectivity index (χ4n) is 2.72. The molecule has 1 aromatic rings. The number of ether oxygens (including phenoxy) is 1. The molecule has 25 heavy (non-hydrogen) atoms. The summed E-state index contributed by atoms with van der Waals surface area (Å²) in [7, 11) is 0. The van der Waals surface area contributed by atoms with E-state index < -0.39 is 0 Å². The third-order valence-electron chi connectivity index (χ3n) is 4.09. The minimum atomic E-state index is -0.303. The number of hydrogen-bond acceptors (Lipinski definition) is 5. The van der Waals surface area contributed by atoms with E-state index in [9.17, 15) is 9.59 Å². The van der Waals surface area contributed by atoms with Gasteiger partial charge in [0.05, 0.1) is 19.7 Å². The van der Waals surface area contributed by atoms with E-state index in [4.69, 9.17) is 16.3 Å². The van der Waals surface area contributed by atoms with Gasteiger partial charge in [-0.25, -0.2) is 0 Å². The maximum absolute atomic E-state index is 12.9. The summed E-state index contributed by atoms with van der Waals surface area (Å²) in [5.74, 6) is 0.580. The second kappa shape index (κ2) is 9.46. The van der Waals surface area contributed by atoms with E-state index in [1.807, 2.05) is 47.9 Å². The van der Waals surface area contributed by atoms with Gasteiger partial charge in [0.25, 0.3) is 0 Å². The average molecular weight is 385 g/mol. The first-order chi connectivity index (χ1) is 11.9. The molecule has 1 fully saturated rings. The van der Waals surface area contributed by atoms with Crippen LogP contribution in [-0.4, -0.2) is 59.7 Å². The number of hydrogen-bond donors (Lipinski definition) is 0. The van der Waals surface area contributed by atoms with Gasteiger partial charge in [0.15, 0.2) is 0 Å². The highest BCUT2D eigenvalue weighted by Crippen LogP contribution is 2.40. The molecule has 0 N–H and O–H groups in total. The Kier molecular flexibility index (Phi) is 7.59. The van der Waals surface area contributed by atoms with Crippen molar-refractivity contribution >= 4 is 35.2 Å². The first-order valence-corrected chi connectivity index (χ1v) is 9.91. The zero-order valence-electron chi connectivity index (χ0n) is 14.9. The molecule has 0 bridgehead atoms. The van der Waals surface area contributed by atoms with Crippen molar-refractivity contribution in [3.05, 3.63) is 34.9 Å². The average Bonchev–Trinajstić information content (AvgIpc) is 3.04. The Morgan fingerprint density at radius 1 is 1.36 bits per heavy atom. The predicted molar refractivity (Wildman–Crippen MR) is 102 cm³/mol. The van der Waals surface area contributed by atoms with Crippen LogP contribution in [0.5, 0.6) is 0 Å². The summed E-state index contributed by atoms with van der Waals surface area (Å²) in [5, 5.41) is 0.602. The number of halogens is 1. The van der Waals surface area contributed by atoms with Gasteiger partial charge in [-0.15, -0.1) is 11.8 Å². The summed E-state index contributed by atoms with van der Waals surface area (Å²) in [6, 6.07) is 7.70. The molecule has 0 spiro atoms. The molecule has 0 radical (unpaired) electrons. The Bertz CT molecular complexity index is 612. The van der Waals surface area contributed by atoms with Crippen LogP contribution in [0.1, 0.15) is 31.7 Å². The molecule has 138 valence electrons. The lowest BCUT2D eigenvalue weighted by Crippen LogP contribution is -2.45. The SMILES string of the molecule is CCOC(=O)CN(CC(=O)N1CCS[C@@H]1c1ccccc1Cl)C(C)C. The van der Waals surface area contributed by atoms with Crippen LogP contribution in [0, 0.1) is 0 Å². The van der Waals surface area contributed by atoms with Gasteiger partial charge in [-0.05, 0) is 26.8 Å². The van der Waals surface area contributed by atoms with E-state index in [0.717, 1.165) is 11.3 Å². The molecular formula is C18H25ClN2O3S. The molecule has 1 aromatic carbocycles. The normalized spacial score (nSPS) is 17.4. The van der Waals surface area contributed by atoms with Gasteiger partial charge in [0, 0.05) is 28.9 Å². The summed E-state index contributed by atoms with van der Waals surface area (Å²) in [6.45, 7) is 7.06. The number of rotatable bonds is 7. The highest BCUT2D eigenvalue weighted by molar-refractivity contribution is 7.99. The number of esters is 1. The van der Waals surface area contributed by atoms with Crippen molar-refractivity contribution in [2.45, 2.75) is 32.2 Å². The topological polar surface area (TPSA) is 49.9 Å². The number of benzene rings is 1. The van der Waals surface area contributed by atoms with Gasteiger partial charge in [-0.1, -0.05) is 29.8 Å².